The molecule has 1 fully saturated rings. The zero-order valence-corrected chi connectivity index (χ0v) is 12.0. The minimum atomic E-state index is -2.91. The molecule has 1 N–H and O–H groups in total. The first-order chi connectivity index (χ1) is 8.91. The van der Waals surface area contributed by atoms with Crippen LogP contribution in [-0.2, 0) is 9.84 Å². The van der Waals surface area contributed by atoms with Crippen LogP contribution in [0.4, 0.5) is 5.82 Å². The van der Waals surface area contributed by atoms with Gasteiger partial charge in [-0.05, 0) is 19.8 Å². The summed E-state index contributed by atoms with van der Waals surface area (Å²) in [7, 11) is -2.91. The van der Waals surface area contributed by atoms with Gasteiger partial charge in [0.15, 0.2) is 6.29 Å². The number of sulfone groups is 1. The van der Waals surface area contributed by atoms with Crippen LogP contribution >= 0.6 is 11.6 Å². The van der Waals surface area contributed by atoms with E-state index >= 15 is 0 Å². The molecule has 0 unspecified atom stereocenters. The molecule has 19 heavy (non-hydrogen) atoms. The van der Waals surface area contributed by atoms with Crippen molar-refractivity contribution < 1.29 is 13.2 Å². The van der Waals surface area contributed by atoms with Crippen molar-refractivity contribution in [3.63, 3.8) is 0 Å². The van der Waals surface area contributed by atoms with Crippen LogP contribution in [0, 0.1) is 6.92 Å². The maximum Gasteiger partial charge on any atom is 0.156 e. The Morgan fingerprint density at radius 2 is 1.95 bits per heavy atom. The van der Waals surface area contributed by atoms with Crippen molar-refractivity contribution >= 4 is 33.5 Å². The zero-order chi connectivity index (χ0) is 14.0. The Labute approximate surface area is 116 Å². The van der Waals surface area contributed by atoms with Crippen LogP contribution in [0.25, 0.3) is 0 Å². The van der Waals surface area contributed by atoms with E-state index in [0.717, 1.165) is 0 Å². The van der Waals surface area contributed by atoms with Crippen LogP contribution in [-0.4, -0.2) is 42.2 Å². The molecule has 0 aliphatic carbocycles. The third-order valence-corrected chi connectivity index (χ3v) is 5.03. The lowest BCUT2D eigenvalue weighted by Gasteiger charge is -2.24. The van der Waals surface area contributed by atoms with E-state index < -0.39 is 9.84 Å². The van der Waals surface area contributed by atoms with Crippen LogP contribution in [0.2, 0.25) is 5.15 Å². The van der Waals surface area contributed by atoms with Gasteiger partial charge in [0.1, 0.15) is 26.6 Å². The molecular weight excluding hydrogens is 290 g/mol. The van der Waals surface area contributed by atoms with E-state index in [4.69, 9.17) is 11.6 Å². The molecule has 0 atom stereocenters. The largest absolute Gasteiger partial charge is 0.367 e. The van der Waals surface area contributed by atoms with Gasteiger partial charge in [-0.15, -0.1) is 0 Å². The number of aryl methyl sites for hydroxylation is 1. The van der Waals surface area contributed by atoms with Gasteiger partial charge in [0, 0.05) is 6.04 Å². The summed E-state index contributed by atoms with van der Waals surface area (Å²) >= 11 is 5.88. The van der Waals surface area contributed by atoms with Gasteiger partial charge in [-0.25, -0.2) is 18.4 Å². The molecule has 6 nitrogen and oxygen atoms in total. The number of nitrogens with zero attached hydrogens (tertiary/aromatic N) is 2. The topological polar surface area (TPSA) is 89.0 Å². The molecule has 1 aliphatic rings. The summed E-state index contributed by atoms with van der Waals surface area (Å²) in [6.07, 6.45) is 1.60. The van der Waals surface area contributed by atoms with Crippen molar-refractivity contribution in [3.8, 4) is 0 Å². The van der Waals surface area contributed by atoms with E-state index in [1.54, 1.807) is 6.92 Å². The first kappa shape index (κ1) is 14.2. The van der Waals surface area contributed by atoms with Crippen LogP contribution in [0.15, 0.2) is 0 Å². The predicted molar refractivity (Wildman–Crippen MR) is 72.5 cm³/mol. The Kier molecular flexibility index (Phi) is 4.05. The smallest absolute Gasteiger partial charge is 0.156 e. The standard InChI is InChI=1S/C11H14ClN3O3S/c1-7-13-10(12)9(6-16)11(14-7)15-8-2-4-19(17,18)5-3-8/h6,8H,2-5H2,1H3,(H,13,14,15). The maximum atomic E-state index is 11.3. The highest BCUT2D eigenvalue weighted by Gasteiger charge is 2.24. The third kappa shape index (κ3) is 3.42. The summed E-state index contributed by atoms with van der Waals surface area (Å²) in [5.41, 5.74) is 0.209. The minimum Gasteiger partial charge on any atom is -0.367 e. The molecule has 8 heteroatoms. The SMILES string of the molecule is Cc1nc(Cl)c(C=O)c(NC2CCS(=O)(=O)CC2)n1. The second-order valence-electron chi connectivity index (χ2n) is 4.51. The molecule has 0 radical (unpaired) electrons. The van der Waals surface area contributed by atoms with Gasteiger partial charge in [-0.2, -0.15) is 0 Å². The van der Waals surface area contributed by atoms with Gasteiger partial charge < -0.3 is 5.32 Å². The van der Waals surface area contributed by atoms with Crippen molar-refractivity contribution in [3.05, 3.63) is 16.5 Å². The Morgan fingerprint density at radius 3 is 2.53 bits per heavy atom. The quantitative estimate of drug-likeness (QED) is 0.667. The third-order valence-electron chi connectivity index (χ3n) is 3.02. The van der Waals surface area contributed by atoms with Gasteiger partial charge in [0.2, 0.25) is 0 Å². The molecule has 104 valence electrons. The van der Waals surface area contributed by atoms with E-state index in [2.05, 4.69) is 15.3 Å². The number of carbonyl (C=O) groups excluding carboxylic acids is 1. The highest BCUT2D eigenvalue weighted by Crippen LogP contribution is 2.22. The average molecular weight is 304 g/mol. The number of aldehydes is 1. The fourth-order valence-corrected chi connectivity index (χ4v) is 3.74. The van der Waals surface area contributed by atoms with E-state index in [0.29, 0.717) is 30.8 Å². The molecule has 0 aromatic carbocycles. The summed E-state index contributed by atoms with van der Waals surface area (Å²) in [6, 6.07) is -0.0207. The molecular formula is C11H14ClN3O3S. The normalized spacial score (nSPS) is 19.1. The highest BCUT2D eigenvalue weighted by atomic mass is 35.5. The minimum absolute atomic E-state index is 0.0207. The number of aromatic nitrogens is 2. The monoisotopic (exact) mass is 303 g/mol. The van der Waals surface area contributed by atoms with Crippen LogP contribution in [0.5, 0.6) is 0 Å². The molecule has 1 saturated heterocycles. The lowest BCUT2D eigenvalue weighted by molar-refractivity contribution is 0.112. The lowest BCUT2D eigenvalue weighted by Crippen LogP contribution is -2.32. The van der Waals surface area contributed by atoms with Gasteiger partial charge in [-0.3, -0.25) is 4.79 Å². The molecule has 2 rings (SSSR count). The van der Waals surface area contributed by atoms with Crippen molar-refractivity contribution in [2.24, 2.45) is 0 Å². The number of halogens is 1. The molecule has 1 aromatic rings. The van der Waals surface area contributed by atoms with E-state index in [9.17, 15) is 13.2 Å². The Hall–Kier alpha value is -1.21. The first-order valence-corrected chi connectivity index (χ1v) is 8.07. The fourth-order valence-electron chi connectivity index (χ4n) is 1.99. The van der Waals surface area contributed by atoms with E-state index in [1.807, 2.05) is 0 Å². The predicted octanol–water partition coefficient (Wildman–Crippen LogP) is 1.24. The molecule has 0 bridgehead atoms. The molecule has 0 spiro atoms. The van der Waals surface area contributed by atoms with Gasteiger partial charge in [-0.1, -0.05) is 11.6 Å². The summed E-state index contributed by atoms with van der Waals surface area (Å²) < 4.78 is 22.7. The molecule has 0 saturated carbocycles. The number of rotatable bonds is 3. The second-order valence-corrected chi connectivity index (χ2v) is 7.17. The Morgan fingerprint density at radius 1 is 1.32 bits per heavy atom. The summed E-state index contributed by atoms with van der Waals surface area (Å²) in [5.74, 6) is 1.14. The van der Waals surface area contributed by atoms with Gasteiger partial charge in [0.25, 0.3) is 0 Å². The Balaban J connectivity index is 2.18. The van der Waals surface area contributed by atoms with Crippen molar-refractivity contribution in [1.29, 1.82) is 0 Å². The van der Waals surface area contributed by atoms with E-state index in [1.165, 1.54) is 0 Å². The van der Waals surface area contributed by atoms with Crippen molar-refractivity contribution in [2.45, 2.75) is 25.8 Å². The number of hydrogen-bond donors (Lipinski definition) is 1. The lowest BCUT2D eigenvalue weighted by atomic mass is 10.1. The van der Waals surface area contributed by atoms with Crippen molar-refractivity contribution in [2.75, 3.05) is 16.8 Å². The fraction of sp³-hybridized carbons (Fsp3) is 0.545. The Bertz CT molecular complexity index is 589. The summed E-state index contributed by atoms with van der Waals surface area (Å²) in [5, 5.41) is 3.19. The average Bonchev–Trinajstić information content (AvgIpc) is 2.31. The van der Waals surface area contributed by atoms with Crippen LogP contribution < -0.4 is 5.32 Å². The van der Waals surface area contributed by atoms with Crippen LogP contribution in [0.1, 0.15) is 29.0 Å². The van der Waals surface area contributed by atoms with Crippen LogP contribution in [0.3, 0.4) is 0 Å². The van der Waals surface area contributed by atoms with Gasteiger partial charge >= 0.3 is 0 Å². The van der Waals surface area contributed by atoms with Crippen molar-refractivity contribution in [1.82, 2.24) is 9.97 Å². The van der Waals surface area contributed by atoms with Gasteiger partial charge in [0.05, 0.1) is 17.1 Å². The summed E-state index contributed by atoms with van der Waals surface area (Å²) in [6.45, 7) is 1.68. The number of hydrogen-bond acceptors (Lipinski definition) is 6. The maximum absolute atomic E-state index is 11.3. The number of anilines is 1. The second kappa shape index (κ2) is 5.42. The first-order valence-electron chi connectivity index (χ1n) is 5.87. The summed E-state index contributed by atoms with van der Waals surface area (Å²) in [4.78, 5) is 19.1. The van der Waals surface area contributed by atoms with E-state index in [-0.39, 0.29) is 28.3 Å². The molecule has 1 aliphatic heterocycles. The number of carbonyl (C=O) groups is 1. The number of nitrogens with one attached hydrogen (secondary N) is 1. The zero-order valence-electron chi connectivity index (χ0n) is 10.4. The molecule has 2 heterocycles. The molecule has 1 aromatic heterocycles. The molecule has 0 amide bonds. The highest BCUT2D eigenvalue weighted by molar-refractivity contribution is 7.91.